The van der Waals surface area contributed by atoms with Crippen LogP contribution < -0.4 is 4.74 Å². The van der Waals surface area contributed by atoms with Crippen LogP contribution in [0.3, 0.4) is 0 Å². The van der Waals surface area contributed by atoms with E-state index in [0.29, 0.717) is 18.8 Å². The van der Waals surface area contributed by atoms with Crippen molar-refractivity contribution in [2.45, 2.75) is 39.2 Å². The van der Waals surface area contributed by atoms with Gasteiger partial charge in [0.2, 0.25) is 5.60 Å². The van der Waals surface area contributed by atoms with Crippen LogP contribution in [0.4, 0.5) is 0 Å². The number of esters is 1. The molecule has 0 N–H and O–H groups in total. The van der Waals surface area contributed by atoms with Gasteiger partial charge in [-0.1, -0.05) is 42.8 Å². The standard InChI is InChI=1S/C20H23ClO3/c1-4-20(3,19(22)23-5-2)24-18-12-8-16(9-13-18)14-15-6-10-17(21)11-7-15/h6-13H,4-5,14H2,1-3H3/t20-/m0/s1. The summed E-state index contributed by atoms with van der Waals surface area (Å²) in [5, 5.41) is 0.736. The number of carbonyl (C=O) groups excluding carboxylic acids is 1. The van der Waals surface area contributed by atoms with Gasteiger partial charge in [-0.2, -0.15) is 0 Å². The molecule has 0 spiro atoms. The van der Waals surface area contributed by atoms with Crippen LogP contribution in [0.5, 0.6) is 5.75 Å². The highest BCUT2D eigenvalue weighted by Gasteiger charge is 2.35. The van der Waals surface area contributed by atoms with Crippen LogP contribution in [-0.2, 0) is 16.0 Å². The third-order valence-corrected chi connectivity index (χ3v) is 4.22. The lowest BCUT2D eigenvalue weighted by Gasteiger charge is -2.27. The summed E-state index contributed by atoms with van der Waals surface area (Å²) in [7, 11) is 0. The first-order chi connectivity index (χ1) is 11.5. The Morgan fingerprint density at radius 3 is 2.04 bits per heavy atom. The first-order valence-corrected chi connectivity index (χ1v) is 8.54. The van der Waals surface area contributed by atoms with Gasteiger partial charge in [0, 0.05) is 5.02 Å². The molecule has 2 aromatic carbocycles. The molecular weight excluding hydrogens is 324 g/mol. The van der Waals surface area contributed by atoms with Gasteiger partial charge in [0.25, 0.3) is 0 Å². The summed E-state index contributed by atoms with van der Waals surface area (Å²) >= 11 is 5.90. The molecule has 0 radical (unpaired) electrons. The van der Waals surface area contributed by atoms with Gasteiger partial charge < -0.3 is 9.47 Å². The van der Waals surface area contributed by atoms with Crippen molar-refractivity contribution in [3.8, 4) is 5.75 Å². The van der Waals surface area contributed by atoms with E-state index in [1.807, 2.05) is 55.5 Å². The maximum absolute atomic E-state index is 12.1. The summed E-state index contributed by atoms with van der Waals surface area (Å²) in [6.07, 6.45) is 1.36. The first-order valence-electron chi connectivity index (χ1n) is 8.16. The van der Waals surface area contributed by atoms with E-state index >= 15 is 0 Å². The van der Waals surface area contributed by atoms with Crippen molar-refractivity contribution < 1.29 is 14.3 Å². The monoisotopic (exact) mass is 346 g/mol. The number of ether oxygens (including phenoxy) is 2. The average Bonchev–Trinajstić information content (AvgIpc) is 2.59. The van der Waals surface area contributed by atoms with Crippen molar-refractivity contribution in [3.63, 3.8) is 0 Å². The van der Waals surface area contributed by atoms with Crippen LogP contribution in [0.25, 0.3) is 0 Å². The molecule has 0 saturated carbocycles. The Labute approximate surface area is 148 Å². The quantitative estimate of drug-likeness (QED) is 0.659. The van der Waals surface area contributed by atoms with E-state index < -0.39 is 5.60 Å². The lowest BCUT2D eigenvalue weighted by Crippen LogP contribution is -2.42. The molecule has 0 heterocycles. The van der Waals surface area contributed by atoms with Crippen LogP contribution >= 0.6 is 11.6 Å². The third-order valence-electron chi connectivity index (χ3n) is 3.97. The van der Waals surface area contributed by atoms with Gasteiger partial charge >= 0.3 is 5.97 Å². The van der Waals surface area contributed by atoms with E-state index in [1.54, 1.807) is 13.8 Å². The van der Waals surface area contributed by atoms with E-state index in [-0.39, 0.29) is 5.97 Å². The van der Waals surface area contributed by atoms with Crippen molar-refractivity contribution in [1.29, 1.82) is 0 Å². The SMILES string of the molecule is CCOC(=O)[C@](C)(CC)Oc1ccc(Cc2ccc(Cl)cc2)cc1. The second-order valence-electron chi connectivity index (χ2n) is 5.85. The van der Waals surface area contributed by atoms with Gasteiger partial charge in [-0.3, -0.25) is 0 Å². The van der Waals surface area contributed by atoms with Crippen LogP contribution in [-0.4, -0.2) is 18.2 Å². The Balaban J connectivity index is 2.05. The fraction of sp³-hybridized carbons (Fsp3) is 0.350. The van der Waals surface area contributed by atoms with Gasteiger partial charge in [0.05, 0.1) is 6.61 Å². The van der Waals surface area contributed by atoms with Crippen molar-refractivity contribution in [1.82, 2.24) is 0 Å². The molecule has 0 aliphatic rings. The number of halogens is 1. The highest BCUT2D eigenvalue weighted by Crippen LogP contribution is 2.24. The van der Waals surface area contributed by atoms with E-state index in [1.165, 1.54) is 11.1 Å². The Morgan fingerprint density at radius 2 is 1.54 bits per heavy atom. The highest BCUT2D eigenvalue weighted by molar-refractivity contribution is 6.30. The van der Waals surface area contributed by atoms with Gasteiger partial charge in [0.1, 0.15) is 5.75 Å². The molecule has 4 heteroatoms. The average molecular weight is 347 g/mol. The molecule has 0 fully saturated rings. The first kappa shape index (κ1) is 18.3. The number of carbonyl (C=O) groups is 1. The van der Waals surface area contributed by atoms with Crippen LogP contribution in [0, 0.1) is 0 Å². The van der Waals surface area contributed by atoms with Gasteiger partial charge in [0.15, 0.2) is 0 Å². The molecule has 0 aromatic heterocycles. The molecule has 0 aliphatic carbocycles. The van der Waals surface area contributed by atoms with E-state index in [0.717, 1.165) is 11.4 Å². The number of hydrogen-bond acceptors (Lipinski definition) is 3. The van der Waals surface area contributed by atoms with Crippen molar-refractivity contribution >= 4 is 17.6 Å². The second-order valence-corrected chi connectivity index (χ2v) is 6.29. The molecular formula is C20H23ClO3. The number of hydrogen-bond donors (Lipinski definition) is 0. The van der Waals surface area contributed by atoms with E-state index in [2.05, 4.69) is 0 Å². The zero-order valence-corrected chi connectivity index (χ0v) is 15.1. The molecule has 0 amide bonds. The summed E-state index contributed by atoms with van der Waals surface area (Å²) < 4.78 is 11.0. The fourth-order valence-electron chi connectivity index (χ4n) is 2.32. The normalized spacial score (nSPS) is 13.2. The number of benzene rings is 2. The summed E-state index contributed by atoms with van der Waals surface area (Å²) in [4.78, 5) is 12.1. The second kappa shape index (κ2) is 8.20. The van der Waals surface area contributed by atoms with Gasteiger partial charge in [-0.25, -0.2) is 4.79 Å². The minimum absolute atomic E-state index is 0.335. The van der Waals surface area contributed by atoms with Crippen LogP contribution in [0.2, 0.25) is 5.02 Å². The molecule has 0 bridgehead atoms. The van der Waals surface area contributed by atoms with Crippen molar-refractivity contribution in [3.05, 3.63) is 64.7 Å². The summed E-state index contributed by atoms with van der Waals surface area (Å²) in [6, 6.07) is 15.6. The highest BCUT2D eigenvalue weighted by atomic mass is 35.5. The minimum atomic E-state index is -0.965. The molecule has 0 saturated heterocycles. The van der Waals surface area contributed by atoms with E-state index in [4.69, 9.17) is 21.1 Å². The zero-order chi connectivity index (χ0) is 17.6. The van der Waals surface area contributed by atoms with Crippen molar-refractivity contribution in [2.24, 2.45) is 0 Å². The fourth-order valence-corrected chi connectivity index (χ4v) is 2.44. The lowest BCUT2D eigenvalue weighted by atomic mass is 10.0. The Kier molecular flexibility index (Phi) is 6.27. The summed E-state index contributed by atoms with van der Waals surface area (Å²) in [5.74, 6) is 0.324. The minimum Gasteiger partial charge on any atom is -0.476 e. The Hall–Kier alpha value is -2.00. The Bertz CT molecular complexity index is 664. The topological polar surface area (TPSA) is 35.5 Å². The van der Waals surface area contributed by atoms with Crippen LogP contribution in [0.1, 0.15) is 38.3 Å². The van der Waals surface area contributed by atoms with Gasteiger partial charge in [-0.05, 0) is 62.1 Å². The molecule has 24 heavy (non-hydrogen) atoms. The Morgan fingerprint density at radius 1 is 1.00 bits per heavy atom. The molecule has 1 atom stereocenters. The van der Waals surface area contributed by atoms with Crippen LogP contribution in [0.15, 0.2) is 48.5 Å². The zero-order valence-electron chi connectivity index (χ0n) is 14.3. The summed E-state index contributed by atoms with van der Waals surface area (Å²) in [5.41, 5.74) is 1.39. The molecule has 2 aromatic rings. The molecule has 2 rings (SSSR count). The molecule has 3 nitrogen and oxygen atoms in total. The molecule has 0 unspecified atom stereocenters. The molecule has 128 valence electrons. The summed E-state index contributed by atoms with van der Waals surface area (Å²) in [6.45, 7) is 5.80. The third kappa shape index (κ3) is 4.75. The predicted octanol–water partition coefficient (Wildman–Crippen LogP) is 5.04. The number of rotatable bonds is 7. The van der Waals surface area contributed by atoms with Crippen molar-refractivity contribution in [2.75, 3.05) is 6.61 Å². The predicted molar refractivity (Wildman–Crippen MR) is 96.7 cm³/mol. The maximum Gasteiger partial charge on any atom is 0.350 e. The molecule has 0 aliphatic heterocycles. The maximum atomic E-state index is 12.1. The lowest BCUT2D eigenvalue weighted by molar-refractivity contribution is -0.160. The van der Waals surface area contributed by atoms with E-state index in [9.17, 15) is 4.79 Å². The van der Waals surface area contributed by atoms with Gasteiger partial charge in [-0.15, -0.1) is 0 Å². The smallest absolute Gasteiger partial charge is 0.350 e. The largest absolute Gasteiger partial charge is 0.476 e.